The highest BCUT2D eigenvalue weighted by molar-refractivity contribution is 6.14. The van der Waals surface area contributed by atoms with Gasteiger partial charge >= 0.3 is 0 Å². The summed E-state index contributed by atoms with van der Waals surface area (Å²) < 4.78 is 5.88. The van der Waals surface area contributed by atoms with Crippen molar-refractivity contribution in [1.29, 1.82) is 0 Å². The molecule has 0 bridgehead atoms. The molecule has 5 heteroatoms. The van der Waals surface area contributed by atoms with E-state index in [1.807, 2.05) is 44.2 Å². The van der Waals surface area contributed by atoms with Crippen molar-refractivity contribution in [1.82, 2.24) is 0 Å². The maximum Gasteiger partial charge on any atom is 0.259 e. The Balaban J connectivity index is 2.07. The van der Waals surface area contributed by atoms with Gasteiger partial charge < -0.3 is 19.7 Å². The molecule has 0 aliphatic carbocycles. The third kappa shape index (κ3) is 4.31. The quantitative estimate of drug-likeness (QED) is 0.495. The van der Waals surface area contributed by atoms with E-state index >= 15 is 0 Å². The maximum absolute atomic E-state index is 13.3. The molecule has 3 aromatic rings. The molecule has 3 N–H and O–H groups in total. The fourth-order valence-electron chi connectivity index (χ4n) is 3.84. The van der Waals surface area contributed by atoms with E-state index in [0.29, 0.717) is 47.5 Å². The van der Waals surface area contributed by atoms with E-state index in [2.05, 4.69) is 18.5 Å². The molecule has 1 heterocycles. The Kier molecular flexibility index (Phi) is 6.43. The number of nitrogens with one attached hydrogen (secondary N) is 2. The third-order valence-corrected chi connectivity index (χ3v) is 5.27. The van der Waals surface area contributed by atoms with E-state index in [9.17, 15) is 9.90 Å². The summed E-state index contributed by atoms with van der Waals surface area (Å²) in [6.07, 6.45) is 3.68. The van der Waals surface area contributed by atoms with Crippen LogP contribution in [0.15, 0.2) is 60.1 Å². The van der Waals surface area contributed by atoms with Crippen LogP contribution in [0.2, 0.25) is 0 Å². The van der Waals surface area contributed by atoms with Crippen LogP contribution in [0.4, 0.5) is 5.69 Å². The molecule has 3 rings (SSSR count). The van der Waals surface area contributed by atoms with Gasteiger partial charge in [-0.3, -0.25) is 4.79 Å². The van der Waals surface area contributed by atoms with Crippen molar-refractivity contribution >= 4 is 22.6 Å². The molecule has 1 amide bonds. The summed E-state index contributed by atoms with van der Waals surface area (Å²) in [4.78, 5) is 14.4. The van der Waals surface area contributed by atoms with Crippen LogP contribution in [0, 0.1) is 20.8 Å². The van der Waals surface area contributed by atoms with E-state index in [1.165, 1.54) is 0 Å². The van der Waals surface area contributed by atoms with Crippen LogP contribution < -0.4 is 10.2 Å². The molecule has 0 aliphatic heterocycles. The number of anilines is 1. The lowest BCUT2D eigenvalue weighted by molar-refractivity contribution is -0.902. The minimum absolute atomic E-state index is 0.148. The summed E-state index contributed by atoms with van der Waals surface area (Å²) in [7, 11) is 0. The molecule has 0 radical (unpaired) electrons. The summed E-state index contributed by atoms with van der Waals surface area (Å²) in [5, 5.41) is 14.3. The van der Waals surface area contributed by atoms with Crippen LogP contribution >= 0.6 is 0 Å². The smallest absolute Gasteiger partial charge is 0.259 e. The second-order valence-electron chi connectivity index (χ2n) is 7.65. The largest absolute Gasteiger partial charge is 0.507 e. The summed E-state index contributed by atoms with van der Waals surface area (Å²) in [6, 6.07) is 9.21. The summed E-state index contributed by atoms with van der Waals surface area (Å²) in [5.74, 6) is 0.418. The molecule has 0 atom stereocenters. The molecule has 0 spiro atoms. The topological polar surface area (TPSA) is 66.9 Å². The van der Waals surface area contributed by atoms with Gasteiger partial charge in [0.25, 0.3) is 5.91 Å². The summed E-state index contributed by atoms with van der Waals surface area (Å²) in [6.45, 7) is 15.3. The normalized spacial score (nSPS) is 11.1. The molecule has 0 fully saturated rings. The van der Waals surface area contributed by atoms with Gasteiger partial charge in [-0.1, -0.05) is 30.9 Å². The monoisotopic (exact) mass is 405 g/mol. The van der Waals surface area contributed by atoms with Gasteiger partial charge in [0.15, 0.2) is 0 Å². The van der Waals surface area contributed by atoms with E-state index in [0.717, 1.165) is 21.7 Å². The van der Waals surface area contributed by atoms with Gasteiger partial charge in [-0.05, 0) is 56.7 Å². The molecule has 30 heavy (non-hydrogen) atoms. The molecule has 0 unspecified atom stereocenters. The number of carbonyl (C=O) groups excluding carboxylic acids is 1. The van der Waals surface area contributed by atoms with Crippen LogP contribution in [0.25, 0.3) is 11.0 Å². The van der Waals surface area contributed by atoms with Crippen molar-refractivity contribution in [2.24, 2.45) is 0 Å². The van der Waals surface area contributed by atoms with Crippen LogP contribution in [0.5, 0.6) is 5.75 Å². The first-order valence-electron chi connectivity index (χ1n) is 10.0. The number of aromatic hydroxyl groups is 1. The number of amides is 1. The van der Waals surface area contributed by atoms with Crippen molar-refractivity contribution in [3.63, 3.8) is 0 Å². The number of rotatable bonds is 8. The highest BCUT2D eigenvalue weighted by Crippen LogP contribution is 2.34. The van der Waals surface area contributed by atoms with E-state index in [-0.39, 0.29) is 11.7 Å². The van der Waals surface area contributed by atoms with Gasteiger partial charge in [-0.2, -0.15) is 0 Å². The Morgan fingerprint density at radius 2 is 1.83 bits per heavy atom. The van der Waals surface area contributed by atoms with Gasteiger partial charge in [-0.25, -0.2) is 0 Å². The maximum atomic E-state index is 13.3. The molecule has 5 nitrogen and oxygen atoms in total. The van der Waals surface area contributed by atoms with Gasteiger partial charge in [0.05, 0.1) is 24.2 Å². The number of phenolic OH excluding ortho intramolecular Hbond substituents is 1. The highest BCUT2D eigenvalue weighted by atomic mass is 16.3. The van der Waals surface area contributed by atoms with E-state index < -0.39 is 0 Å². The second-order valence-corrected chi connectivity index (χ2v) is 7.65. The van der Waals surface area contributed by atoms with E-state index in [4.69, 9.17) is 4.42 Å². The van der Waals surface area contributed by atoms with Crippen molar-refractivity contribution in [2.75, 3.05) is 18.4 Å². The summed E-state index contributed by atoms with van der Waals surface area (Å²) in [5.41, 5.74) is 4.61. The number of hydrogen-bond acceptors (Lipinski definition) is 3. The van der Waals surface area contributed by atoms with Crippen LogP contribution in [0.3, 0.4) is 0 Å². The summed E-state index contributed by atoms with van der Waals surface area (Å²) >= 11 is 0. The van der Waals surface area contributed by atoms with Crippen LogP contribution in [0.1, 0.15) is 32.8 Å². The van der Waals surface area contributed by atoms with Gasteiger partial charge in [0, 0.05) is 11.1 Å². The predicted molar refractivity (Wildman–Crippen MR) is 121 cm³/mol. The molecular weight excluding hydrogens is 376 g/mol. The average Bonchev–Trinajstić information content (AvgIpc) is 3.03. The van der Waals surface area contributed by atoms with Crippen molar-refractivity contribution in [3.05, 3.63) is 83.7 Å². The number of carbonyl (C=O) groups is 1. The Morgan fingerprint density at radius 1 is 1.13 bits per heavy atom. The molecule has 0 aliphatic rings. The van der Waals surface area contributed by atoms with Gasteiger partial charge in [0.1, 0.15) is 23.6 Å². The number of phenols is 1. The molecule has 0 saturated heterocycles. The van der Waals surface area contributed by atoms with Crippen molar-refractivity contribution < 1.29 is 19.2 Å². The number of fused-ring (bicyclic) bond motifs is 1. The van der Waals surface area contributed by atoms with Gasteiger partial charge in [-0.15, -0.1) is 0 Å². The molecule has 2 aromatic carbocycles. The third-order valence-electron chi connectivity index (χ3n) is 5.27. The SMILES string of the molecule is C=CC[NH+](CC=C)Cc1c(O)ccc2oc(C)c(C(=O)Nc3ccc(C)cc3C)c12. The Morgan fingerprint density at radius 3 is 2.47 bits per heavy atom. The van der Waals surface area contributed by atoms with Gasteiger partial charge in [0.2, 0.25) is 0 Å². The highest BCUT2D eigenvalue weighted by Gasteiger charge is 2.25. The standard InChI is InChI=1S/C25H28N2O3/c1-6-12-27(13-7-2)15-19-21(28)10-11-22-24(19)23(18(5)30-22)25(29)26-20-9-8-16(3)14-17(20)4/h6-11,14,28H,1-2,12-13,15H2,3-5H3,(H,26,29)/p+1. The Labute approximate surface area is 177 Å². The zero-order chi connectivity index (χ0) is 21.8. The minimum atomic E-state index is -0.251. The number of aryl methyl sites for hydroxylation is 3. The van der Waals surface area contributed by atoms with Crippen molar-refractivity contribution in [2.45, 2.75) is 27.3 Å². The first kappa shape index (κ1) is 21.4. The van der Waals surface area contributed by atoms with Crippen molar-refractivity contribution in [3.8, 4) is 5.75 Å². The lowest BCUT2D eigenvalue weighted by Crippen LogP contribution is -3.10. The zero-order valence-electron chi connectivity index (χ0n) is 17.8. The van der Waals surface area contributed by atoms with E-state index in [1.54, 1.807) is 19.1 Å². The fourth-order valence-corrected chi connectivity index (χ4v) is 3.84. The minimum Gasteiger partial charge on any atom is -0.507 e. The number of furan rings is 1. The second kappa shape index (κ2) is 9.01. The Hall–Kier alpha value is -3.31. The molecule has 1 aromatic heterocycles. The molecule has 156 valence electrons. The zero-order valence-corrected chi connectivity index (χ0v) is 17.8. The molecular formula is C25H29N2O3+. The Bertz CT molecular complexity index is 1100. The van der Waals surface area contributed by atoms with Crippen LogP contribution in [-0.2, 0) is 6.54 Å². The number of quaternary nitrogens is 1. The first-order chi connectivity index (χ1) is 14.3. The number of hydrogen-bond donors (Lipinski definition) is 3. The first-order valence-corrected chi connectivity index (χ1v) is 10.0. The predicted octanol–water partition coefficient (Wildman–Crippen LogP) is 4.07. The number of benzene rings is 2. The lowest BCUT2D eigenvalue weighted by Gasteiger charge is -2.17. The van der Waals surface area contributed by atoms with Crippen LogP contribution in [-0.4, -0.2) is 24.1 Å². The fraction of sp³-hybridized carbons (Fsp3) is 0.240. The molecule has 0 saturated carbocycles. The average molecular weight is 406 g/mol. The lowest BCUT2D eigenvalue weighted by atomic mass is 10.0.